The van der Waals surface area contributed by atoms with Crippen LogP contribution < -0.4 is 5.56 Å². The minimum absolute atomic E-state index is 0.133. The van der Waals surface area contributed by atoms with E-state index in [1.54, 1.807) is 22.8 Å². The molecule has 1 atom stereocenters. The molecule has 0 saturated carbocycles. The monoisotopic (exact) mass is 471 g/mol. The average molecular weight is 472 g/mol. The highest BCUT2D eigenvalue weighted by molar-refractivity contribution is 5.91. The summed E-state index contributed by atoms with van der Waals surface area (Å²) in [7, 11) is 0. The summed E-state index contributed by atoms with van der Waals surface area (Å²) in [4.78, 5) is 34.2. The van der Waals surface area contributed by atoms with Crippen LogP contribution in [0, 0.1) is 6.92 Å². The number of fused-ring (bicyclic) bond motifs is 1. The second-order valence-electron chi connectivity index (χ2n) is 8.93. The second kappa shape index (κ2) is 11.2. The Labute approximate surface area is 206 Å². The molecular formula is C29H33N3O3. The van der Waals surface area contributed by atoms with Crippen LogP contribution in [-0.2, 0) is 0 Å². The molecule has 1 unspecified atom stereocenters. The third-order valence-corrected chi connectivity index (χ3v) is 6.37. The van der Waals surface area contributed by atoms with Crippen molar-refractivity contribution in [2.24, 2.45) is 0 Å². The molecule has 2 aromatic carbocycles. The van der Waals surface area contributed by atoms with Crippen molar-refractivity contribution in [3.8, 4) is 5.69 Å². The minimum Gasteiger partial charge on any atom is -0.459 e. The zero-order chi connectivity index (χ0) is 24.8. The molecule has 0 bridgehead atoms. The molecule has 35 heavy (non-hydrogen) atoms. The van der Waals surface area contributed by atoms with Crippen molar-refractivity contribution in [2.75, 3.05) is 6.54 Å². The number of hydrogen-bond donors (Lipinski definition) is 0. The van der Waals surface area contributed by atoms with E-state index in [0.717, 1.165) is 36.9 Å². The highest BCUT2D eigenvalue weighted by atomic mass is 16.3. The van der Waals surface area contributed by atoms with Gasteiger partial charge in [-0.05, 0) is 61.7 Å². The Balaban J connectivity index is 1.89. The van der Waals surface area contributed by atoms with Gasteiger partial charge in [-0.25, -0.2) is 4.98 Å². The molecule has 0 aliphatic heterocycles. The van der Waals surface area contributed by atoms with Gasteiger partial charge in [-0.15, -0.1) is 0 Å². The van der Waals surface area contributed by atoms with Gasteiger partial charge in [0, 0.05) is 6.54 Å². The lowest BCUT2D eigenvalue weighted by Crippen LogP contribution is -2.39. The van der Waals surface area contributed by atoms with E-state index in [1.165, 1.54) is 6.26 Å². The van der Waals surface area contributed by atoms with Crippen LogP contribution in [0.1, 0.15) is 73.9 Å². The van der Waals surface area contributed by atoms with Crippen LogP contribution in [-0.4, -0.2) is 26.9 Å². The van der Waals surface area contributed by atoms with E-state index >= 15 is 0 Å². The molecule has 1 amide bonds. The first-order valence-corrected chi connectivity index (χ1v) is 12.5. The number of carbonyl (C=O) groups excluding carboxylic acids is 1. The predicted octanol–water partition coefficient (Wildman–Crippen LogP) is 6.46. The number of carbonyl (C=O) groups is 1. The predicted molar refractivity (Wildman–Crippen MR) is 139 cm³/mol. The van der Waals surface area contributed by atoms with E-state index in [4.69, 9.17) is 9.40 Å². The summed E-state index contributed by atoms with van der Waals surface area (Å²) < 4.78 is 7.16. The third-order valence-electron chi connectivity index (χ3n) is 6.37. The molecular weight excluding hydrogens is 438 g/mol. The Kier molecular flexibility index (Phi) is 7.80. The number of furan rings is 1. The quantitative estimate of drug-likeness (QED) is 0.249. The van der Waals surface area contributed by atoms with E-state index < -0.39 is 6.04 Å². The highest BCUT2D eigenvalue weighted by Gasteiger charge is 2.30. The SMILES string of the molecule is CCCCCCN(C(=O)c1ccco1)C(CC)c1nc2ccccc2c(=O)n1-c1cccc(C)c1. The molecule has 0 fully saturated rings. The van der Waals surface area contributed by atoms with Crippen LogP contribution >= 0.6 is 0 Å². The Morgan fingerprint density at radius 2 is 1.86 bits per heavy atom. The molecule has 0 N–H and O–H groups in total. The lowest BCUT2D eigenvalue weighted by Gasteiger charge is -2.32. The molecule has 2 aromatic heterocycles. The van der Waals surface area contributed by atoms with Crippen LogP contribution in [0.25, 0.3) is 16.6 Å². The first-order valence-electron chi connectivity index (χ1n) is 12.5. The van der Waals surface area contributed by atoms with Crippen molar-refractivity contribution in [1.29, 1.82) is 0 Å². The van der Waals surface area contributed by atoms with Crippen molar-refractivity contribution in [3.05, 3.63) is 94.4 Å². The fourth-order valence-electron chi connectivity index (χ4n) is 4.58. The number of aromatic nitrogens is 2. The van der Waals surface area contributed by atoms with Crippen molar-refractivity contribution < 1.29 is 9.21 Å². The topological polar surface area (TPSA) is 68.3 Å². The van der Waals surface area contributed by atoms with Crippen molar-refractivity contribution in [1.82, 2.24) is 14.5 Å². The molecule has 4 aromatic rings. The first kappa shape index (κ1) is 24.5. The lowest BCUT2D eigenvalue weighted by molar-refractivity contribution is 0.0622. The molecule has 2 heterocycles. The Bertz CT molecular complexity index is 1340. The van der Waals surface area contributed by atoms with Crippen LogP contribution in [0.4, 0.5) is 0 Å². The summed E-state index contributed by atoms with van der Waals surface area (Å²) >= 11 is 0. The van der Waals surface area contributed by atoms with E-state index in [-0.39, 0.29) is 11.5 Å². The lowest BCUT2D eigenvalue weighted by atomic mass is 10.1. The molecule has 0 spiro atoms. The zero-order valence-electron chi connectivity index (χ0n) is 20.7. The summed E-state index contributed by atoms with van der Waals surface area (Å²) in [6, 6.07) is 18.2. The molecule has 6 nitrogen and oxygen atoms in total. The molecule has 6 heteroatoms. The number of rotatable bonds is 10. The maximum atomic E-state index is 13.8. The zero-order valence-corrected chi connectivity index (χ0v) is 20.7. The Morgan fingerprint density at radius 1 is 1.03 bits per heavy atom. The fraction of sp³-hybridized carbons (Fsp3) is 0.345. The standard InChI is InChI=1S/C29H33N3O3/c1-4-6-7-10-18-31(29(34)26-17-12-19-35-26)25(5-2)27-30-24-16-9-8-15-23(24)28(33)32(27)22-14-11-13-21(3)20-22/h8-9,11-17,19-20,25H,4-7,10,18H2,1-3H3. The number of aryl methyl sites for hydroxylation is 1. The summed E-state index contributed by atoms with van der Waals surface area (Å²) in [5, 5.41) is 0.555. The Morgan fingerprint density at radius 3 is 2.57 bits per heavy atom. The number of benzene rings is 2. The van der Waals surface area contributed by atoms with Crippen LogP contribution in [0.3, 0.4) is 0 Å². The minimum atomic E-state index is -0.396. The number of nitrogens with zero attached hydrogens (tertiary/aromatic N) is 3. The smallest absolute Gasteiger partial charge is 0.290 e. The van der Waals surface area contributed by atoms with Crippen LogP contribution in [0.2, 0.25) is 0 Å². The van der Waals surface area contributed by atoms with Gasteiger partial charge in [0.2, 0.25) is 0 Å². The maximum Gasteiger partial charge on any atom is 0.290 e. The van der Waals surface area contributed by atoms with E-state index in [1.807, 2.05) is 61.2 Å². The van der Waals surface area contributed by atoms with Gasteiger partial charge in [0.05, 0.1) is 28.9 Å². The van der Waals surface area contributed by atoms with Gasteiger partial charge in [-0.2, -0.15) is 0 Å². The second-order valence-corrected chi connectivity index (χ2v) is 8.93. The number of unbranched alkanes of at least 4 members (excludes halogenated alkanes) is 3. The summed E-state index contributed by atoms with van der Waals surface area (Å²) in [6.07, 6.45) is 6.26. The van der Waals surface area contributed by atoms with Gasteiger partial charge in [-0.3, -0.25) is 14.2 Å². The summed E-state index contributed by atoms with van der Waals surface area (Å²) in [5.41, 5.74) is 2.29. The summed E-state index contributed by atoms with van der Waals surface area (Å²) in [5.74, 6) is 0.679. The van der Waals surface area contributed by atoms with Crippen molar-refractivity contribution >= 4 is 16.8 Å². The molecule has 0 aliphatic carbocycles. The molecule has 182 valence electrons. The van der Waals surface area contributed by atoms with Crippen molar-refractivity contribution in [2.45, 2.75) is 58.9 Å². The number of para-hydroxylation sites is 1. The number of hydrogen-bond acceptors (Lipinski definition) is 4. The van der Waals surface area contributed by atoms with E-state index in [2.05, 4.69) is 6.92 Å². The molecule has 0 radical (unpaired) electrons. The van der Waals surface area contributed by atoms with E-state index in [0.29, 0.717) is 35.5 Å². The largest absolute Gasteiger partial charge is 0.459 e. The average Bonchev–Trinajstić information content (AvgIpc) is 3.41. The van der Waals surface area contributed by atoms with Crippen molar-refractivity contribution in [3.63, 3.8) is 0 Å². The summed E-state index contributed by atoms with van der Waals surface area (Å²) in [6.45, 7) is 6.76. The molecule has 4 rings (SSSR count). The highest BCUT2D eigenvalue weighted by Crippen LogP contribution is 2.28. The van der Waals surface area contributed by atoms with Gasteiger partial charge < -0.3 is 9.32 Å². The van der Waals surface area contributed by atoms with Crippen LogP contribution in [0.15, 0.2) is 76.1 Å². The van der Waals surface area contributed by atoms with Gasteiger partial charge in [0.15, 0.2) is 5.76 Å². The van der Waals surface area contributed by atoms with Gasteiger partial charge in [-0.1, -0.05) is 57.4 Å². The molecule has 0 saturated heterocycles. The third kappa shape index (κ3) is 5.21. The first-order chi connectivity index (χ1) is 17.0. The molecule has 0 aliphatic rings. The van der Waals surface area contributed by atoms with Gasteiger partial charge >= 0.3 is 0 Å². The Hall–Kier alpha value is -3.67. The van der Waals surface area contributed by atoms with Gasteiger partial charge in [0.1, 0.15) is 5.82 Å². The number of amides is 1. The fourth-order valence-corrected chi connectivity index (χ4v) is 4.58. The van der Waals surface area contributed by atoms with Crippen LogP contribution in [0.5, 0.6) is 0 Å². The normalized spacial score (nSPS) is 12.1. The van der Waals surface area contributed by atoms with Gasteiger partial charge in [0.25, 0.3) is 11.5 Å². The van der Waals surface area contributed by atoms with E-state index in [9.17, 15) is 9.59 Å². The maximum absolute atomic E-state index is 13.8.